The van der Waals surface area contributed by atoms with Gasteiger partial charge in [0.15, 0.2) is 11.6 Å². The van der Waals surface area contributed by atoms with Gasteiger partial charge in [0, 0.05) is 12.4 Å². The normalized spacial score (nSPS) is 9.69. The van der Waals surface area contributed by atoms with Crippen molar-refractivity contribution in [2.75, 3.05) is 14.2 Å². The highest BCUT2D eigenvalue weighted by Gasteiger charge is 2.13. The Balaban J connectivity index is 0.000000172. The number of halogens is 3. The summed E-state index contributed by atoms with van der Waals surface area (Å²) >= 11 is 2.10. The van der Waals surface area contributed by atoms with Gasteiger partial charge in [0.1, 0.15) is 28.6 Å². The summed E-state index contributed by atoms with van der Waals surface area (Å²) < 4.78 is 40.0. The molecule has 0 amide bonds. The molecule has 0 aliphatic rings. The summed E-state index contributed by atoms with van der Waals surface area (Å²) in [6, 6.07) is 16.7. The van der Waals surface area contributed by atoms with Crippen LogP contribution in [0.3, 0.4) is 0 Å². The zero-order valence-corrected chi connectivity index (χ0v) is 26.0. The zero-order valence-electron chi connectivity index (χ0n) is 23.8. The van der Waals surface area contributed by atoms with E-state index in [1.165, 1.54) is 34.7 Å². The summed E-state index contributed by atoms with van der Waals surface area (Å²) in [6.45, 7) is 0. The molecule has 6 aromatic heterocycles. The molecule has 6 heterocycles. The first-order chi connectivity index (χ1) is 21.9. The minimum atomic E-state index is -0.412. The van der Waals surface area contributed by atoms with Gasteiger partial charge in [-0.25, -0.2) is 28.7 Å². The van der Waals surface area contributed by atoms with Gasteiger partial charge in [0.2, 0.25) is 11.8 Å². The molecule has 0 aliphatic carbocycles. The molecule has 10 nitrogen and oxygen atoms in total. The molecule has 0 unspecified atom stereocenters. The van der Waals surface area contributed by atoms with Gasteiger partial charge < -0.3 is 9.47 Å². The number of hydrogen-bond acceptors (Lipinski definition) is 8. The Morgan fingerprint density at radius 2 is 1.22 bits per heavy atom. The lowest BCUT2D eigenvalue weighted by Crippen LogP contribution is -2.02. The van der Waals surface area contributed by atoms with Crippen LogP contribution in [0, 0.1) is 39.4 Å². The van der Waals surface area contributed by atoms with Crippen molar-refractivity contribution in [3.8, 4) is 47.6 Å². The minimum Gasteiger partial charge on any atom is -0.480 e. The van der Waals surface area contributed by atoms with Crippen LogP contribution in [-0.2, 0) is 0 Å². The largest absolute Gasteiger partial charge is 0.480 e. The molecule has 0 saturated carbocycles. The second-order valence-electron chi connectivity index (χ2n) is 8.39. The predicted molar refractivity (Wildman–Crippen MR) is 171 cm³/mol. The summed E-state index contributed by atoms with van der Waals surface area (Å²) in [5.41, 5.74) is 1.93. The van der Waals surface area contributed by atoms with Crippen molar-refractivity contribution >= 4 is 22.6 Å². The van der Waals surface area contributed by atoms with Crippen LogP contribution in [0.1, 0.15) is 17.0 Å². The van der Waals surface area contributed by atoms with Gasteiger partial charge >= 0.3 is 0 Å². The second kappa shape index (κ2) is 16.3. The van der Waals surface area contributed by atoms with Crippen LogP contribution < -0.4 is 9.47 Å². The summed E-state index contributed by atoms with van der Waals surface area (Å²) in [7, 11) is 3.07. The maximum Gasteiger partial charge on any atom is 0.234 e. The van der Waals surface area contributed by atoms with Gasteiger partial charge in [-0.05, 0) is 77.0 Å². The van der Waals surface area contributed by atoms with Crippen LogP contribution in [0.25, 0.3) is 11.6 Å². The highest BCUT2D eigenvalue weighted by molar-refractivity contribution is 14.1. The average molecular weight is 716 g/mol. The molecule has 13 heteroatoms. The van der Waals surface area contributed by atoms with E-state index < -0.39 is 5.82 Å². The standard InChI is InChI=1S/C16H11FN4O.C9H7FIN3O.C7H5N/c1-22-16-12(5-7-14-4-2-3-9-18-14)10-20-21(16)15-8-6-13(17)11-19-15;1-15-9-7(11)5-13-14(9)8-3-2-6(10)4-12-8;1-2-7-5-3-4-6-8-7/h2-4,6,8-11H,1H3;2-5H,1H3;1,3-6H. The van der Waals surface area contributed by atoms with Gasteiger partial charge in [-0.1, -0.05) is 24.0 Å². The van der Waals surface area contributed by atoms with Crippen molar-refractivity contribution in [1.29, 1.82) is 0 Å². The van der Waals surface area contributed by atoms with E-state index >= 15 is 0 Å². The highest BCUT2D eigenvalue weighted by atomic mass is 127. The minimum absolute atomic E-state index is 0.375. The van der Waals surface area contributed by atoms with Gasteiger partial charge in [-0.3, -0.25) is 0 Å². The Kier molecular flexibility index (Phi) is 11.6. The number of rotatable bonds is 4. The Morgan fingerprint density at radius 3 is 1.69 bits per heavy atom. The number of terminal acetylenes is 1. The Hall–Kier alpha value is -5.67. The van der Waals surface area contributed by atoms with E-state index in [-0.39, 0.29) is 5.82 Å². The van der Waals surface area contributed by atoms with Crippen LogP contribution in [0.4, 0.5) is 8.78 Å². The monoisotopic (exact) mass is 716 g/mol. The summed E-state index contributed by atoms with van der Waals surface area (Å²) in [5, 5.41) is 8.27. The summed E-state index contributed by atoms with van der Waals surface area (Å²) in [5.74, 6) is 9.52. The molecule has 0 aliphatic heterocycles. The molecule has 0 spiro atoms. The average Bonchev–Trinajstić information content (AvgIpc) is 3.68. The van der Waals surface area contributed by atoms with Gasteiger partial charge in [-0.15, -0.1) is 6.42 Å². The number of pyridine rings is 4. The Bertz CT molecular complexity index is 1910. The lowest BCUT2D eigenvalue weighted by atomic mass is 10.3. The molecule has 0 bridgehead atoms. The predicted octanol–water partition coefficient (Wildman–Crippen LogP) is 5.29. The molecule has 0 radical (unpaired) electrons. The molecule has 6 rings (SSSR count). The van der Waals surface area contributed by atoms with Gasteiger partial charge in [0.05, 0.1) is 42.6 Å². The van der Waals surface area contributed by atoms with E-state index in [2.05, 4.69) is 70.5 Å². The second-order valence-corrected chi connectivity index (χ2v) is 9.55. The van der Waals surface area contributed by atoms with Crippen molar-refractivity contribution in [2.45, 2.75) is 0 Å². The molecule has 0 aromatic carbocycles. The Labute approximate surface area is 271 Å². The summed E-state index contributed by atoms with van der Waals surface area (Å²) in [6.07, 6.45) is 13.9. The maximum absolute atomic E-state index is 12.9. The van der Waals surface area contributed by atoms with Gasteiger partial charge in [0.25, 0.3) is 0 Å². The third-order valence-corrected chi connectivity index (χ3v) is 6.20. The molecular weight excluding hydrogens is 693 g/mol. The first kappa shape index (κ1) is 32.2. The number of aromatic nitrogens is 8. The highest BCUT2D eigenvalue weighted by Crippen LogP contribution is 2.23. The fraction of sp³-hybridized carbons (Fsp3) is 0.0625. The van der Waals surface area contributed by atoms with Crippen molar-refractivity contribution in [1.82, 2.24) is 39.5 Å². The number of methoxy groups -OCH3 is 2. The zero-order chi connectivity index (χ0) is 32.0. The first-order valence-electron chi connectivity index (χ1n) is 12.9. The quantitative estimate of drug-likeness (QED) is 0.179. The molecule has 6 aromatic rings. The van der Waals surface area contributed by atoms with Crippen LogP contribution in [0.15, 0.2) is 97.8 Å². The molecule has 0 N–H and O–H groups in total. The number of hydrogen-bond donors (Lipinski definition) is 0. The van der Waals surface area contributed by atoms with Gasteiger partial charge in [-0.2, -0.15) is 19.6 Å². The Morgan fingerprint density at radius 1 is 0.667 bits per heavy atom. The fourth-order valence-electron chi connectivity index (χ4n) is 3.45. The molecule has 0 fully saturated rings. The fourth-order valence-corrected chi connectivity index (χ4v) is 4.02. The molecule has 0 saturated heterocycles. The molecular formula is C32H23F2IN8O2. The van der Waals surface area contributed by atoms with E-state index in [9.17, 15) is 8.78 Å². The third-order valence-electron chi connectivity index (χ3n) is 5.46. The lowest BCUT2D eigenvalue weighted by molar-refractivity contribution is 0.379. The van der Waals surface area contributed by atoms with Crippen LogP contribution in [0.5, 0.6) is 11.8 Å². The molecule has 45 heavy (non-hydrogen) atoms. The van der Waals surface area contributed by atoms with Crippen molar-refractivity contribution < 1.29 is 18.3 Å². The van der Waals surface area contributed by atoms with E-state index in [1.54, 1.807) is 44.0 Å². The topological polar surface area (TPSA) is 106 Å². The van der Waals surface area contributed by atoms with E-state index in [1.807, 2.05) is 30.3 Å². The van der Waals surface area contributed by atoms with Crippen molar-refractivity contribution in [3.05, 3.63) is 130 Å². The first-order valence-corrected chi connectivity index (χ1v) is 14.0. The van der Waals surface area contributed by atoms with E-state index in [0.717, 1.165) is 16.0 Å². The summed E-state index contributed by atoms with van der Waals surface area (Å²) in [4.78, 5) is 15.9. The number of ether oxygens (including phenoxy) is 2. The smallest absolute Gasteiger partial charge is 0.234 e. The third kappa shape index (κ3) is 8.92. The van der Waals surface area contributed by atoms with Crippen molar-refractivity contribution in [2.24, 2.45) is 0 Å². The number of nitrogens with zero attached hydrogens (tertiary/aromatic N) is 8. The molecule has 224 valence electrons. The SMILES string of the molecule is C#Cc1ccccn1.COc1c(C#Cc2ccccn2)cnn1-c1ccc(F)cn1.COc1c(I)cnn1-c1ccc(F)cn1. The van der Waals surface area contributed by atoms with E-state index in [0.29, 0.717) is 40.3 Å². The van der Waals surface area contributed by atoms with E-state index in [4.69, 9.17) is 15.9 Å². The van der Waals surface area contributed by atoms with Crippen LogP contribution in [0.2, 0.25) is 0 Å². The van der Waals surface area contributed by atoms with Crippen molar-refractivity contribution in [3.63, 3.8) is 0 Å². The van der Waals surface area contributed by atoms with Crippen LogP contribution >= 0.6 is 22.6 Å². The lowest BCUT2D eigenvalue weighted by Gasteiger charge is -2.05. The maximum atomic E-state index is 12.9. The van der Waals surface area contributed by atoms with Crippen LogP contribution in [-0.4, -0.2) is 53.7 Å². The molecule has 0 atom stereocenters.